The number of halogens is 4. The number of benzene rings is 2. The third-order valence-corrected chi connectivity index (χ3v) is 4.58. The van der Waals surface area contributed by atoms with E-state index in [1.54, 1.807) is 6.92 Å². The Balaban J connectivity index is 2.28. The van der Waals surface area contributed by atoms with Crippen LogP contribution in [0.1, 0.15) is 22.8 Å². The number of hydrogen-bond donors (Lipinski definition) is 1. The Kier molecular flexibility index (Phi) is 5.55. The summed E-state index contributed by atoms with van der Waals surface area (Å²) in [7, 11) is -4.39. The quantitative estimate of drug-likeness (QED) is 0.621. The summed E-state index contributed by atoms with van der Waals surface area (Å²) in [6, 6.07) is 6.45. The number of sulfonamides is 1. The van der Waals surface area contributed by atoms with E-state index in [2.05, 4.69) is 4.72 Å². The van der Waals surface area contributed by atoms with Crippen LogP contribution in [0.15, 0.2) is 47.4 Å². The monoisotopic (exact) mass is 391 g/mol. The number of nitrogens with one attached hydrogen (secondary N) is 1. The van der Waals surface area contributed by atoms with Gasteiger partial charge in [0.05, 0.1) is 22.6 Å². The second-order valence-corrected chi connectivity index (χ2v) is 6.73. The second-order valence-electron chi connectivity index (χ2n) is 5.04. The molecule has 0 bridgehead atoms. The van der Waals surface area contributed by atoms with Crippen LogP contribution in [0.25, 0.3) is 0 Å². The zero-order valence-electron chi connectivity index (χ0n) is 13.3. The van der Waals surface area contributed by atoms with Gasteiger partial charge in [-0.2, -0.15) is 13.2 Å². The number of alkyl halides is 3. The van der Waals surface area contributed by atoms with Gasteiger partial charge in [-0.15, -0.1) is 0 Å². The van der Waals surface area contributed by atoms with Crippen LogP contribution in [0.4, 0.5) is 23.2 Å². The molecule has 0 atom stereocenters. The summed E-state index contributed by atoms with van der Waals surface area (Å²) in [4.78, 5) is 10.8. The van der Waals surface area contributed by atoms with Crippen LogP contribution < -0.4 is 4.72 Å². The van der Waals surface area contributed by atoms with Crippen molar-refractivity contribution >= 4 is 21.7 Å². The fourth-order valence-corrected chi connectivity index (χ4v) is 3.08. The maximum atomic E-state index is 13.3. The van der Waals surface area contributed by atoms with Crippen LogP contribution in [0.2, 0.25) is 0 Å². The summed E-state index contributed by atoms with van der Waals surface area (Å²) >= 11 is 0. The number of esters is 1. The molecular formula is C16H13F4NO4S. The molecule has 2 aromatic rings. The highest BCUT2D eigenvalue weighted by Crippen LogP contribution is 2.33. The molecule has 0 heterocycles. The van der Waals surface area contributed by atoms with Crippen LogP contribution in [0.5, 0.6) is 0 Å². The Labute approximate surface area is 146 Å². The number of carbonyl (C=O) groups is 1. The minimum Gasteiger partial charge on any atom is -0.462 e. The van der Waals surface area contributed by atoms with Crippen molar-refractivity contribution in [2.24, 2.45) is 0 Å². The standard InChI is InChI=1S/C16H13F4NO4S/c1-2-25-15(22)10-3-5-11(6-4-10)21-26(23,24)12-7-8-14(17)13(9-12)16(18,19)20/h3-9,21H,2H2,1H3. The van der Waals surface area contributed by atoms with Gasteiger partial charge in [0, 0.05) is 5.69 Å². The molecule has 2 aromatic carbocycles. The topological polar surface area (TPSA) is 72.5 Å². The van der Waals surface area contributed by atoms with Gasteiger partial charge in [0.15, 0.2) is 0 Å². The van der Waals surface area contributed by atoms with Crippen molar-refractivity contribution in [3.8, 4) is 0 Å². The van der Waals surface area contributed by atoms with E-state index in [1.807, 2.05) is 0 Å². The zero-order chi connectivity index (χ0) is 19.5. The van der Waals surface area contributed by atoms with Gasteiger partial charge < -0.3 is 4.74 Å². The van der Waals surface area contributed by atoms with E-state index in [-0.39, 0.29) is 23.9 Å². The largest absolute Gasteiger partial charge is 0.462 e. The van der Waals surface area contributed by atoms with Gasteiger partial charge in [0.25, 0.3) is 10.0 Å². The molecule has 0 aliphatic carbocycles. The molecule has 0 amide bonds. The average molecular weight is 391 g/mol. The van der Waals surface area contributed by atoms with E-state index in [0.29, 0.717) is 6.07 Å². The minimum absolute atomic E-state index is 0.0101. The average Bonchev–Trinajstić information content (AvgIpc) is 2.54. The molecule has 2 rings (SSSR count). The van der Waals surface area contributed by atoms with Gasteiger partial charge in [0.1, 0.15) is 5.82 Å². The highest BCUT2D eigenvalue weighted by molar-refractivity contribution is 7.92. The summed E-state index contributed by atoms with van der Waals surface area (Å²) in [6.45, 7) is 1.79. The second kappa shape index (κ2) is 7.32. The van der Waals surface area contributed by atoms with Gasteiger partial charge in [-0.3, -0.25) is 4.72 Å². The number of ether oxygens (including phenoxy) is 1. The van der Waals surface area contributed by atoms with Gasteiger partial charge in [-0.05, 0) is 49.4 Å². The van der Waals surface area contributed by atoms with Crippen molar-refractivity contribution in [3.63, 3.8) is 0 Å². The van der Waals surface area contributed by atoms with Crippen molar-refractivity contribution in [1.82, 2.24) is 0 Å². The SMILES string of the molecule is CCOC(=O)c1ccc(NS(=O)(=O)c2ccc(F)c(C(F)(F)F)c2)cc1. The van der Waals surface area contributed by atoms with Crippen molar-refractivity contribution in [1.29, 1.82) is 0 Å². The van der Waals surface area contributed by atoms with E-state index >= 15 is 0 Å². The summed E-state index contributed by atoms with van der Waals surface area (Å²) in [5.74, 6) is -2.18. The normalized spacial score (nSPS) is 11.9. The first-order valence-corrected chi connectivity index (χ1v) is 8.69. The number of hydrogen-bond acceptors (Lipinski definition) is 4. The third kappa shape index (κ3) is 4.51. The smallest absolute Gasteiger partial charge is 0.419 e. The molecule has 0 fully saturated rings. The minimum atomic E-state index is -5.03. The Morgan fingerprint density at radius 2 is 1.73 bits per heavy atom. The summed E-state index contributed by atoms with van der Waals surface area (Å²) in [5.41, 5.74) is -1.50. The molecule has 5 nitrogen and oxygen atoms in total. The molecule has 10 heteroatoms. The van der Waals surface area contributed by atoms with E-state index in [0.717, 1.165) is 6.07 Å². The Morgan fingerprint density at radius 3 is 2.27 bits per heavy atom. The molecule has 26 heavy (non-hydrogen) atoms. The summed E-state index contributed by atoms with van der Waals surface area (Å²) in [6.07, 6.45) is -5.03. The van der Waals surface area contributed by atoms with Crippen molar-refractivity contribution in [3.05, 3.63) is 59.4 Å². The third-order valence-electron chi connectivity index (χ3n) is 3.20. The molecule has 1 N–H and O–H groups in total. The number of carbonyl (C=O) groups excluding carboxylic acids is 1. The lowest BCUT2D eigenvalue weighted by Crippen LogP contribution is -2.16. The molecular weight excluding hydrogens is 378 g/mol. The molecule has 0 spiro atoms. The lowest BCUT2D eigenvalue weighted by molar-refractivity contribution is -0.140. The van der Waals surface area contributed by atoms with Gasteiger partial charge in [-0.1, -0.05) is 0 Å². The Morgan fingerprint density at radius 1 is 1.12 bits per heavy atom. The first-order valence-electron chi connectivity index (χ1n) is 7.21. The predicted octanol–water partition coefficient (Wildman–Crippen LogP) is 3.82. The van der Waals surface area contributed by atoms with Gasteiger partial charge >= 0.3 is 12.1 Å². The summed E-state index contributed by atoms with van der Waals surface area (Å²) < 4.78 is 82.7. The molecule has 0 aromatic heterocycles. The van der Waals surface area contributed by atoms with Gasteiger partial charge in [0.2, 0.25) is 0 Å². The fourth-order valence-electron chi connectivity index (χ4n) is 1.99. The molecule has 0 saturated heterocycles. The highest BCUT2D eigenvalue weighted by Gasteiger charge is 2.35. The van der Waals surface area contributed by atoms with Gasteiger partial charge in [-0.25, -0.2) is 17.6 Å². The maximum absolute atomic E-state index is 13.3. The fraction of sp³-hybridized carbons (Fsp3) is 0.188. The molecule has 0 radical (unpaired) electrons. The zero-order valence-corrected chi connectivity index (χ0v) is 14.1. The predicted molar refractivity (Wildman–Crippen MR) is 84.6 cm³/mol. The van der Waals surface area contributed by atoms with Crippen molar-refractivity contribution < 1.29 is 35.5 Å². The molecule has 140 valence electrons. The van der Waals surface area contributed by atoms with E-state index in [1.165, 1.54) is 24.3 Å². The Bertz CT molecular complexity index is 909. The number of anilines is 1. The Hall–Kier alpha value is -2.62. The molecule has 0 unspecified atom stereocenters. The number of rotatable bonds is 5. The van der Waals surface area contributed by atoms with Crippen LogP contribution in [0.3, 0.4) is 0 Å². The molecule has 0 aliphatic rings. The van der Waals surface area contributed by atoms with Crippen LogP contribution >= 0.6 is 0 Å². The van der Waals surface area contributed by atoms with Crippen LogP contribution in [-0.2, 0) is 20.9 Å². The molecule has 0 aliphatic heterocycles. The first kappa shape index (κ1) is 19.7. The lowest BCUT2D eigenvalue weighted by Gasteiger charge is -2.12. The highest BCUT2D eigenvalue weighted by atomic mass is 32.2. The van der Waals surface area contributed by atoms with E-state index in [4.69, 9.17) is 4.74 Å². The lowest BCUT2D eigenvalue weighted by atomic mass is 10.2. The van der Waals surface area contributed by atoms with E-state index < -0.39 is 38.4 Å². The maximum Gasteiger partial charge on any atom is 0.419 e. The van der Waals surface area contributed by atoms with Crippen molar-refractivity contribution in [2.75, 3.05) is 11.3 Å². The van der Waals surface area contributed by atoms with E-state index in [9.17, 15) is 30.8 Å². The van der Waals surface area contributed by atoms with Crippen LogP contribution in [-0.4, -0.2) is 21.0 Å². The van der Waals surface area contributed by atoms with Crippen molar-refractivity contribution in [2.45, 2.75) is 18.0 Å². The summed E-state index contributed by atoms with van der Waals surface area (Å²) in [5, 5.41) is 0. The molecule has 0 saturated carbocycles. The first-order chi connectivity index (χ1) is 12.0. The van der Waals surface area contributed by atoms with Crippen LogP contribution in [0, 0.1) is 5.82 Å².